The average molecular weight is 224 g/mol. The molecular formula is C9H12N4O3. The van der Waals surface area contributed by atoms with Gasteiger partial charge < -0.3 is 15.3 Å². The number of nitrogens with one attached hydrogen (secondary N) is 1. The molecule has 2 rings (SSSR count). The molecule has 0 saturated heterocycles. The van der Waals surface area contributed by atoms with Crippen LogP contribution in [-0.4, -0.2) is 39.9 Å². The fourth-order valence-electron chi connectivity index (χ4n) is 1.72. The Bertz CT molecular complexity index is 479. The van der Waals surface area contributed by atoms with Crippen molar-refractivity contribution >= 4 is 23.4 Å². The van der Waals surface area contributed by atoms with Crippen LogP contribution in [0.1, 0.15) is 17.4 Å². The van der Waals surface area contributed by atoms with E-state index in [9.17, 15) is 9.59 Å². The number of carbonyl (C=O) groups is 2. The maximum Gasteiger partial charge on any atom is 0.358 e. The molecule has 0 fully saturated rings. The van der Waals surface area contributed by atoms with Gasteiger partial charge in [-0.05, 0) is 6.92 Å². The zero-order valence-corrected chi connectivity index (χ0v) is 9.18. The number of rotatable bonds is 1. The molecule has 7 heteroatoms. The first-order valence-corrected chi connectivity index (χ1v) is 4.77. The minimum atomic E-state index is -1.10. The van der Waals surface area contributed by atoms with Crippen LogP contribution in [0.25, 0.3) is 0 Å². The fraction of sp³-hybridized carbons (Fsp3) is 0.444. The SMILES string of the molecule is C[C@H]1C(=O)Nc2c(c(C(=O)O)nn2C)N1C. The fourth-order valence-corrected chi connectivity index (χ4v) is 1.72. The molecule has 0 unspecified atom stereocenters. The Morgan fingerprint density at radius 3 is 2.69 bits per heavy atom. The predicted octanol–water partition coefficient (Wildman–Crippen LogP) is -0.105. The molecule has 2 N–H and O–H groups in total. The van der Waals surface area contributed by atoms with Gasteiger partial charge in [0.05, 0.1) is 0 Å². The Kier molecular flexibility index (Phi) is 2.11. The summed E-state index contributed by atoms with van der Waals surface area (Å²) in [6.07, 6.45) is 0. The number of aromatic nitrogens is 2. The molecule has 0 bridgehead atoms. The van der Waals surface area contributed by atoms with Crippen molar-refractivity contribution in [2.24, 2.45) is 7.05 Å². The van der Waals surface area contributed by atoms with Crippen molar-refractivity contribution in [2.75, 3.05) is 17.3 Å². The van der Waals surface area contributed by atoms with Crippen LogP contribution >= 0.6 is 0 Å². The maximum absolute atomic E-state index is 11.6. The number of hydrogen-bond donors (Lipinski definition) is 2. The molecule has 0 radical (unpaired) electrons. The molecule has 2 heterocycles. The summed E-state index contributed by atoms with van der Waals surface area (Å²) in [6, 6.07) is -0.408. The van der Waals surface area contributed by atoms with Crippen LogP contribution in [0.2, 0.25) is 0 Å². The second kappa shape index (κ2) is 3.22. The van der Waals surface area contributed by atoms with Crippen LogP contribution < -0.4 is 10.2 Å². The molecule has 1 aromatic heterocycles. The van der Waals surface area contributed by atoms with E-state index in [2.05, 4.69) is 10.4 Å². The molecule has 0 saturated carbocycles. The van der Waals surface area contributed by atoms with E-state index in [4.69, 9.17) is 5.11 Å². The highest BCUT2D eigenvalue weighted by Crippen LogP contribution is 2.33. The quantitative estimate of drug-likeness (QED) is 0.695. The molecule has 0 aliphatic carbocycles. The van der Waals surface area contributed by atoms with Crippen molar-refractivity contribution in [3.63, 3.8) is 0 Å². The lowest BCUT2D eigenvalue weighted by Crippen LogP contribution is -2.44. The lowest BCUT2D eigenvalue weighted by atomic mass is 10.2. The summed E-state index contributed by atoms with van der Waals surface area (Å²) in [4.78, 5) is 24.2. The molecule has 1 aliphatic rings. The third kappa shape index (κ3) is 1.24. The van der Waals surface area contributed by atoms with E-state index in [0.29, 0.717) is 11.5 Å². The number of hydrogen-bond acceptors (Lipinski definition) is 4. The van der Waals surface area contributed by atoms with Gasteiger partial charge in [0.2, 0.25) is 5.91 Å². The topological polar surface area (TPSA) is 87.5 Å². The molecule has 16 heavy (non-hydrogen) atoms. The average Bonchev–Trinajstić information content (AvgIpc) is 2.53. The van der Waals surface area contributed by atoms with Crippen LogP contribution in [-0.2, 0) is 11.8 Å². The van der Waals surface area contributed by atoms with Gasteiger partial charge in [0.25, 0.3) is 0 Å². The first kappa shape index (κ1) is 10.5. The smallest absolute Gasteiger partial charge is 0.358 e. The van der Waals surface area contributed by atoms with Crippen molar-refractivity contribution in [2.45, 2.75) is 13.0 Å². The van der Waals surface area contributed by atoms with Crippen LogP contribution in [0, 0.1) is 0 Å². The van der Waals surface area contributed by atoms with Gasteiger partial charge in [-0.3, -0.25) is 4.79 Å². The highest BCUT2D eigenvalue weighted by atomic mass is 16.4. The number of aryl methyl sites for hydroxylation is 1. The Labute approximate surface area is 91.6 Å². The highest BCUT2D eigenvalue weighted by Gasteiger charge is 2.34. The third-order valence-corrected chi connectivity index (χ3v) is 2.78. The number of carboxylic acids is 1. The second-order valence-corrected chi connectivity index (χ2v) is 3.75. The monoisotopic (exact) mass is 224 g/mol. The second-order valence-electron chi connectivity index (χ2n) is 3.75. The number of carbonyl (C=O) groups excluding carboxylic acids is 1. The number of amides is 1. The Hall–Kier alpha value is -2.05. The standard InChI is InChI=1S/C9H12N4O3/c1-4-8(14)10-7-6(12(4)2)5(9(15)16)11-13(7)3/h4H,1-3H3,(H,10,14)(H,15,16)/t4-/m0/s1. The van der Waals surface area contributed by atoms with E-state index in [1.165, 1.54) is 4.68 Å². The van der Waals surface area contributed by atoms with E-state index in [1.54, 1.807) is 25.9 Å². The van der Waals surface area contributed by atoms with Crippen molar-refractivity contribution < 1.29 is 14.7 Å². The molecular weight excluding hydrogens is 212 g/mol. The molecule has 1 aromatic rings. The zero-order chi connectivity index (χ0) is 12.0. The Morgan fingerprint density at radius 2 is 2.12 bits per heavy atom. The summed E-state index contributed by atoms with van der Waals surface area (Å²) in [7, 11) is 3.27. The predicted molar refractivity (Wildman–Crippen MR) is 56.7 cm³/mol. The van der Waals surface area contributed by atoms with Crippen molar-refractivity contribution in [1.82, 2.24) is 9.78 Å². The van der Waals surface area contributed by atoms with E-state index >= 15 is 0 Å². The zero-order valence-electron chi connectivity index (χ0n) is 9.18. The number of nitrogens with zero attached hydrogens (tertiary/aromatic N) is 3. The highest BCUT2D eigenvalue weighted by molar-refractivity contribution is 6.07. The van der Waals surface area contributed by atoms with Crippen LogP contribution in [0.4, 0.5) is 11.5 Å². The summed E-state index contributed by atoms with van der Waals surface area (Å²) in [5, 5.41) is 15.5. The largest absolute Gasteiger partial charge is 0.476 e. The molecule has 7 nitrogen and oxygen atoms in total. The molecule has 1 amide bonds. The normalized spacial score (nSPS) is 19.3. The molecule has 1 aliphatic heterocycles. The van der Waals surface area contributed by atoms with Gasteiger partial charge in [0, 0.05) is 14.1 Å². The van der Waals surface area contributed by atoms with Crippen LogP contribution in [0.3, 0.4) is 0 Å². The summed E-state index contributed by atoms with van der Waals surface area (Å²) in [6.45, 7) is 1.71. The van der Waals surface area contributed by atoms with E-state index in [1.807, 2.05) is 0 Å². The summed E-state index contributed by atoms with van der Waals surface area (Å²) in [5.41, 5.74) is 0.397. The number of fused-ring (bicyclic) bond motifs is 1. The van der Waals surface area contributed by atoms with Gasteiger partial charge in [-0.25, -0.2) is 9.48 Å². The summed E-state index contributed by atoms with van der Waals surface area (Å²) < 4.78 is 1.36. The van der Waals surface area contributed by atoms with E-state index in [-0.39, 0.29) is 11.6 Å². The Balaban J connectivity index is 2.63. The third-order valence-electron chi connectivity index (χ3n) is 2.78. The van der Waals surface area contributed by atoms with Gasteiger partial charge in [-0.15, -0.1) is 0 Å². The van der Waals surface area contributed by atoms with Gasteiger partial charge in [0.15, 0.2) is 11.5 Å². The van der Waals surface area contributed by atoms with E-state index < -0.39 is 12.0 Å². The molecule has 86 valence electrons. The maximum atomic E-state index is 11.6. The minimum absolute atomic E-state index is 0.0492. The minimum Gasteiger partial charge on any atom is -0.476 e. The summed E-state index contributed by atoms with van der Waals surface area (Å²) >= 11 is 0. The molecule has 0 aromatic carbocycles. The molecule has 0 spiro atoms. The number of likely N-dealkylation sites (N-methyl/N-ethyl adjacent to an activating group) is 1. The van der Waals surface area contributed by atoms with Crippen molar-refractivity contribution in [1.29, 1.82) is 0 Å². The van der Waals surface area contributed by atoms with Gasteiger partial charge in [0.1, 0.15) is 11.7 Å². The number of aromatic carboxylic acids is 1. The van der Waals surface area contributed by atoms with Gasteiger partial charge >= 0.3 is 5.97 Å². The van der Waals surface area contributed by atoms with Crippen LogP contribution in [0.15, 0.2) is 0 Å². The first-order chi connectivity index (χ1) is 7.43. The first-order valence-electron chi connectivity index (χ1n) is 4.77. The Morgan fingerprint density at radius 1 is 1.50 bits per heavy atom. The van der Waals surface area contributed by atoms with Crippen LogP contribution in [0.5, 0.6) is 0 Å². The van der Waals surface area contributed by atoms with Gasteiger partial charge in [-0.1, -0.05) is 0 Å². The lowest BCUT2D eigenvalue weighted by Gasteiger charge is -2.31. The van der Waals surface area contributed by atoms with Gasteiger partial charge in [-0.2, -0.15) is 5.10 Å². The van der Waals surface area contributed by atoms with Crippen molar-refractivity contribution in [3.05, 3.63) is 5.69 Å². The van der Waals surface area contributed by atoms with E-state index in [0.717, 1.165) is 0 Å². The number of anilines is 2. The van der Waals surface area contributed by atoms with Crippen molar-refractivity contribution in [3.8, 4) is 0 Å². The molecule has 1 atom stereocenters. The summed E-state index contributed by atoms with van der Waals surface area (Å²) in [5.74, 6) is -0.856. The number of carboxylic acid groups (broad SMARTS) is 1. The lowest BCUT2D eigenvalue weighted by molar-refractivity contribution is -0.117.